The van der Waals surface area contributed by atoms with Gasteiger partial charge in [-0.3, -0.25) is 4.98 Å². The molecule has 1 N–H and O–H groups in total. The molecule has 0 aromatic carbocycles. The molecule has 1 heterocycles. The van der Waals surface area contributed by atoms with Crippen molar-refractivity contribution in [3.05, 3.63) is 29.1 Å². The molecule has 0 spiro atoms. The third kappa shape index (κ3) is 7.08. The Balaban J connectivity index is 2.39. The van der Waals surface area contributed by atoms with Crippen molar-refractivity contribution in [1.82, 2.24) is 10.3 Å². The lowest BCUT2D eigenvalue weighted by Gasteiger charge is -2.20. The predicted molar refractivity (Wildman–Crippen MR) is 92.7 cm³/mol. The first kappa shape index (κ1) is 18.2. The van der Waals surface area contributed by atoms with Crippen LogP contribution in [0.3, 0.4) is 0 Å². The molecule has 0 bridgehead atoms. The van der Waals surface area contributed by atoms with E-state index in [1.54, 1.807) is 0 Å². The van der Waals surface area contributed by atoms with Crippen molar-refractivity contribution in [2.75, 3.05) is 6.54 Å². The van der Waals surface area contributed by atoms with Crippen LogP contribution in [0.25, 0.3) is 0 Å². The maximum Gasteiger partial charge on any atom is 0.0423 e. The quantitative estimate of drug-likeness (QED) is 0.545. The van der Waals surface area contributed by atoms with Gasteiger partial charge in [-0.25, -0.2) is 0 Å². The number of nitrogens with one attached hydrogen (secondary N) is 1. The summed E-state index contributed by atoms with van der Waals surface area (Å²) in [7, 11) is 0. The predicted octanol–water partition coefficient (Wildman–Crippen LogP) is 5.49. The minimum atomic E-state index is 0.471. The monoisotopic (exact) mass is 290 g/mol. The molecule has 1 aromatic heterocycles. The normalized spacial score (nSPS) is 12.6. The molecule has 1 unspecified atom stereocenters. The highest BCUT2D eigenvalue weighted by molar-refractivity contribution is 5.25. The molecule has 0 aliphatic carbocycles. The maximum absolute atomic E-state index is 4.61. The molecule has 0 aliphatic rings. The fourth-order valence-corrected chi connectivity index (χ4v) is 2.99. The highest BCUT2D eigenvalue weighted by Gasteiger charge is 2.13. The third-order valence-electron chi connectivity index (χ3n) is 4.19. The summed E-state index contributed by atoms with van der Waals surface area (Å²) in [5.74, 6) is 0. The Morgan fingerprint density at radius 3 is 2.24 bits per heavy atom. The SMILES string of the molecule is CCCCCCCCCC(NCC)c1ccc(C)nc1C. The fraction of sp³-hybridized carbons (Fsp3) is 0.737. The van der Waals surface area contributed by atoms with Crippen molar-refractivity contribution in [2.24, 2.45) is 0 Å². The van der Waals surface area contributed by atoms with Gasteiger partial charge in [0.1, 0.15) is 0 Å². The van der Waals surface area contributed by atoms with Crippen molar-refractivity contribution in [3.63, 3.8) is 0 Å². The Labute approximate surface area is 131 Å². The lowest BCUT2D eigenvalue weighted by Crippen LogP contribution is -2.22. The van der Waals surface area contributed by atoms with Gasteiger partial charge in [-0.15, -0.1) is 0 Å². The average Bonchev–Trinajstić information content (AvgIpc) is 2.45. The van der Waals surface area contributed by atoms with Gasteiger partial charge in [0.15, 0.2) is 0 Å². The average molecular weight is 290 g/mol. The van der Waals surface area contributed by atoms with Crippen molar-refractivity contribution in [1.29, 1.82) is 0 Å². The van der Waals surface area contributed by atoms with Gasteiger partial charge in [0.2, 0.25) is 0 Å². The number of rotatable bonds is 11. The first-order valence-corrected chi connectivity index (χ1v) is 8.86. The van der Waals surface area contributed by atoms with Crippen molar-refractivity contribution < 1.29 is 0 Å². The van der Waals surface area contributed by atoms with Crippen LogP contribution in [0.4, 0.5) is 0 Å². The standard InChI is InChI=1S/C19H34N2/c1-5-7-8-9-10-11-12-13-19(20-6-2)18-15-14-16(3)21-17(18)4/h14-15,19-20H,5-13H2,1-4H3. The van der Waals surface area contributed by atoms with E-state index in [0.717, 1.165) is 12.2 Å². The molecule has 0 saturated carbocycles. The van der Waals surface area contributed by atoms with E-state index >= 15 is 0 Å². The maximum atomic E-state index is 4.61. The number of aryl methyl sites for hydroxylation is 2. The number of nitrogens with zero attached hydrogens (tertiary/aromatic N) is 1. The zero-order valence-corrected chi connectivity index (χ0v) is 14.5. The Morgan fingerprint density at radius 2 is 1.62 bits per heavy atom. The highest BCUT2D eigenvalue weighted by atomic mass is 14.9. The number of hydrogen-bond acceptors (Lipinski definition) is 2. The number of hydrogen-bond donors (Lipinski definition) is 1. The topological polar surface area (TPSA) is 24.9 Å². The van der Waals surface area contributed by atoms with Gasteiger partial charge < -0.3 is 5.32 Å². The summed E-state index contributed by atoms with van der Waals surface area (Å²) in [5, 5.41) is 3.63. The van der Waals surface area contributed by atoms with Crippen molar-refractivity contribution in [2.45, 2.75) is 85.1 Å². The Hall–Kier alpha value is -0.890. The van der Waals surface area contributed by atoms with E-state index in [4.69, 9.17) is 0 Å². The Kier molecular flexibility index (Phi) is 9.32. The van der Waals surface area contributed by atoms with Crippen molar-refractivity contribution >= 4 is 0 Å². The molecule has 2 nitrogen and oxygen atoms in total. The van der Waals surface area contributed by atoms with Crippen LogP contribution in [-0.2, 0) is 0 Å². The summed E-state index contributed by atoms with van der Waals surface area (Å²) in [6, 6.07) is 4.86. The van der Waals surface area contributed by atoms with Crippen LogP contribution in [0.5, 0.6) is 0 Å². The van der Waals surface area contributed by atoms with Crippen LogP contribution in [0.15, 0.2) is 12.1 Å². The first-order chi connectivity index (χ1) is 10.2. The fourth-order valence-electron chi connectivity index (χ4n) is 2.99. The van der Waals surface area contributed by atoms with Crippen LogP contribution in [-0.4, -0.2) is 11.5 Å². The lowest BCUT2D eigenvalue weighted by atomic mass is 9.98. The largest absolute Gasteiger partial charge is 0.310 e. The van der Waals surface area contributed by atoms with Crippen LogP contribution in [0.1, 0.15) is 88.2 Å². The summed E-state index contributed by atoms with van der Waals surface area (Å²) in [4.78, 5) is 4.61. The number of pyridine rings is 1. The zero-order valence-electron chi connectivity index (χ0n) is 14.5. The summed E-state index contributed by atoms with van der Waals surface area (Å²) < 4.78 is 0. The molecule has 120 valence electrons. The molecule has 2 heteroatoms. The molecule has 1 rings (SSSR count). The van der Waals surface area contributed by atoms with E-state index in [-0.39, 0.29) is 0 Å². The van der Waals surface area contributed by atoms with Gasteiger partial charge in [-0.2, -0.15) is 0 Å². The van der Waals surface area contributed by atoms with Gasteiger partial charge >= 0.3 is 0 Å². The van der Waals surface area contributed by atoms with E-state index < -0.39 is 0 Å². The van der Waals surface area contributed by atoms with Crippen LogP contribution in [0.2, 0.25) is 0 Å². The van der Waals surface area contributed by atoms with Gasteiger partial charge in [0, 0.05) is 17.4 Å². The lowest BCUT2D eigenvalue weighted by molar-refractivity contribution is 0.473. The minimum absolute atomic E-state index is 0.471. The molecule has 21 heavy (non-hydrogen) atoms. The van der Waals surface area contributed by atoms with E-state index in [1.807, 2.05) is 0 Å². The summed E-state index contributed by atoms with van der Waals surface area (Å²) >= 11 is 0. The second-order valence-corrected chi connectivity index (χ2v) is 6.15. The van der Waals surface area contributed by atoms with E-state index in [1.165, 1.54) is 62.6 Å². The molecule has 1 aromatic rings. The van der Waals surface area contributed by atoms with Gasteiger partial charge in [0.25, 0.3) is 0 Å². The van der Waals surface area contributed by atoms with Gasteiger partial charge in [0.05, 0.1) is 0 Å². The summed E-state index contributed by atoms with van der Waals surface area (Å²) in [6.07, 6.45) is 10.9. The van der Waals surface area contributed by atoms with Crippen LogP contribution < -0.4 is 5.32 Å². The van der Waals surface area contributed by atoms with E-state index in [9.17, 15) is 0 Å². The highest BCUT2D eigenvalue weighted by Crippen LogP contribution is 2.23. The third-order valence-corrected chi connectivity index (χ3v) is 4.19. The second kappa shape index (κ2) is 10.8. The number of unbranched alkanes of at least 4 members (excludes halogenated alkanes) is 6. The molecule has 0 amide bonds. The summed E-state index contributed by atoms with van der Waals surface area (Å²) in [5.41, 5.74) is 3.68. The van der Waals surface area contributed by atoms with Crippen molar-refractivity contribution in [3.8, 4) is 0 Å². The smallest absolute Gasteiger partial charge is 0.0423 e. The Bertz CT molecular complexity index is 387. The minimum Gasteiger partial charge on any atom is -0.310 e. The molecule has 0 saturated heterocycles. The molecule has 0 radical (unpaired) electrons. The van der Waals surface area contributed by atoms with Gasteiger partial charge in [-0.05, 0) is 38.4 Å². The van der Waals surface area contributed by atoms with Crippen LogP contribution in [0, 0.1) is 13.8 Å². The van der Waals surface area contributed by atoms with Gasteiger partial charge in [-0.1, -0.05) is 64.9 Å². The first-order valence-electron chi connectivity index (χ1n) is 8.86. The second-order valence-electron chi connectivity index (χ2n) is 6.15. The molecule has 0 aliphatic heterocycles. The molecular weight excluding hydrogens is 256 g/mol. The zero-order chi connectivity index (χ0) is 15.5. The van der Waals surface area contributed by atoms with Crippen LogP contribution >= 0.6 is 0 Å². The summed E-state index contributed by atoms with van der Waals surface area (Å²) in [6.45, 7) is 9.69. The number of aromatic nitrogens is 1. The van der Waals surface area contributed by atoms with E-state index in [2.05, 4.69) is 50.1 Å². The molecule has 1 atom stereocenters. The molecular formula is C19H34N2. The Morgan fingerprint density at radius 1 is 0.952 bits per heavy atom. The molecule has 0 fully saturated rings. The van der Waals surface area contributed by atoms with E-state index in [0.29, 0.717) is 6.04 Å².